The molecule has 140 valence electrons. The van der Waals surface area contributed by atoms with E-state index in [9.17, 15) is 14.4 Å². The first kappa shape index (κ1) is 21.0. The molecule has 8 heteroatoms. The van der Waals surface area contributed by atoms with Gasteiger partial charge in [-0.3, -0.25) is 4.79 Å². The second-order valence-corrected chi connectivity index (χ2v) is 6.47. The second kappa shape index (κ2) is 9.42. The van der Waals surface area contributed by atoms with E-state index in [2.05, 4.69) is 15.4 Å². The number of esters is 1. The van der Waals surface area contributed by atoms with Gasteiger partial charge < -0.3 is 20.1 Å². The van der Waals surface area contributed by atoms with Crippen LogP contribution in [0.4, 0.5) is 10.5 Å². The summed E-state index contributed by atoms with van der Waals surface area (Å²) in [5.74, 6) is -1.08. The van der Waals surface area contributed by atoms with E-state index < -0.39 is 29.6 Å². The van der Waals surface area contributed by atoms with Crippen LogP contribution in [0.15, 0.2) is 24.3 Å². The molecule has 1 aromatic rings. The number of para-hydroxylation sites is 1. The second-order valence-electron chi connectivity index (χ2n) is 6.47. The Hall–Kier alpha value is -3.08. The minimum absolute atomic E-state index is 0.0203. The summed E-state index contributed by atoms with van der Waals surface area (Å²) in [6.45, 7) is 5.08. The summed E-state index contributed by atoms with van der Waals surface area (Å²) in [5.41, 5.74) is -0.00433. The number of carbonyl (C=O) groups is 3. The first-order valence-corrected chi connectivity index (χ1v) is 8.02. The summed E-state index contributed by atoms with van der Waals surface area (Å²) in [6.07, 6.45) is -0.815. The quantitative estimate of drug-likeness (QED) is 0.751. The van der Waals surface area contributed by atoms with Crippen molar-refractivity contribution in [1.82, 2.24) is 5.32 Å². The van der Waals surface area contributed by atoms with Crippen LogP contribution in [0.1, 0.15) is 39.2 Å². The Balaban J connectivity index is 2.66. The number of alkyl carbamates (subject to hydrolysis) is 1. The number of benzene rings is 1. The van der Waals surface area contributed by atoms with Crippen molar-refractivity contribution < 1.29 is 23.9 Å². The van der Waals surface area contributed by atoms with E-state index in [0.717, 1.165) is 0 Å². The third kappa shape index (κ3) is 7.21. The van der Waals surface area contributed by atoms with Gasteiger partial charge in [-0.05, 0) is 39.3 Å². The molecule has 0 radical (unpaired) electrons. The smallest absolute Gasteiger partial charge is 0.408 e. The van der Waals surface area contributed by atoms with Crippen LogP contribution in [0.5, 0.6) is 0 Å². The van der Waals surface area contributed by atoms with Crippen LogP contribution in [0.3, 0.4) is 0 Å². The Morgan fingerprint density at radius 3 is 2.46 bits per heavy atom. The van der Waals surface area contributed by atoms with Gasteiger partial charge in [0.2, 0.25) is 5.91 Å². The number of nitrogens with one attached hydrogen (secondary N) is 2. The molecule has 0 aliphatic rings. The fraction of sp³-hybridized carbons (Fsp3) is 0.444. The van der Waals surface area contributed by atoms with Crippen molar-refractivity contribution in [2.24, 2.45) is 0 Å². The lowest BCUT2D eigenvalue weighted by atomic mass is 10.1. The van der Waals surface area contributed by atoms with Crippen LogP contribution in [0, 0.1) is 11.3 Å². The predicted molar refractivity (Wildman–Crippen MR) is 94.2 cm³/mol. The summed E-state index contributed by atoms with van der Waals surface area (Å²) < 4.78 is 9.75. The molecular formula is C18H23N3O5. The van der Waals surface area contributed by atoms with Crippen molar-refractivity contribution in [3.63, 3.8) is 0 Å². The van der Waals surface area contributed by atoms with Crippen molar-refractivity contribution in [2.75, 3.05) is 12.4 Å². The van der Waals surface area contributed by atoms with Gasteiger partial charge in [-0.2, -0.15) is 5.26 Å². The van der Waals surface area contributed by atoms with E-state index in [1.807, 2.05) is 6.07 Å². The lowest BCUT2D eigenvalue weighted by Crippen LogP contribution is -2.44. The Morgan fingerprint density at radius 2 is 1.88 bits per heavy atom. The molecule has 1 rings (SSSR count). The van der Waals surface area contributed by atoms with E-state index >= 15 is 0 Å². The molecular weight excluding hydrogens is 338 g/mol. The third-order valence-corrected chi connectivity index (χ3v) is 3.16. The fourth-order valence-electron chi connectivity index (χ4n) is 2.02. The maximum Gasteiger partial charge on any atom is 0.408 e. The van der Waals surface area contributed by atoms with Crippen LogP contribution < -0.4 is 10.6 Å². The highest BCUT2D eigenvalue weighted by Crippen LogP contribution is 2.14. The topological polar surface area (TPSA) is 118 Å². The van der Waals surface area contributed by atoms with Gasteiger partial charge >= 0.3 is 12.1 Å². The van der Waals surface area contributed by atoms with Crippen molar-refractivity contribution in [3.8, 4) is 6.07 Å². The monoisotopic (exact) mass is 361 g/mol. The van der Waals surface area contributed by atoms with Crippen LogP contribution >= 0.6 is 0 Å². The van der Waals surface area contributed by atoms with Crippen molar-refractivity contribution in [1.29, 1.82) is 5.26 Å². The molecule has 1 atom stereocenters. The molecule has 0 saturated carbocycles. The van der Waals surface area contributed by atoms with Crippen LogP contribution in [-0.4, -0.2) is 36.7 Å². The van der Waals surface area contributed by atoms with Gasteiger partial charge in [-0.1, -0.05) is 12.1 Å². The summed E-state index contributed by atoms with van der Waals surface area (Å²) in [5, 5.41) is 14.0. The summed E-state index contributed by atoms with van der Waals surface area (Å²) in [7, 11) is 1.19. The molecule has 0 aliphatic heterocycles. The average Bonchev–Trinajstić information content (AvgIpc) is 2.56. The minimum Gasteiger partial charge on any atom is -0.467 e. The number of nitrogens with zero attached hydrogens (tertiary/aromatic N) is 1. The van der Waals surface area contributed by atoms with E-state index in [-0.39, 0.29) is 12.8 Å². The van der Waals surface area contributed by atoms with Gasteiger partial charge in [0.1, 0.15) is 17.7 Å². The lowest BCUT2D eigenvalue weighted by molar-refractivity contribution is -0.143. The van der Waals surface area contributed by atoms with Crippen molar-refractivity contribution in [3.05, 3.63) is 29.8 Å². The fourth-order valence-corrected chi connectivity index (χ4v) is 2.02. The molecule has 26 heavy (non-hydrogen) atoms. The third-order valence-electron chi connectivity index (χ3n) is 3.16. The summed E-state index contributed by atoms with van der Waals surface area (Å²) >= 11 is 0. The normalized spacial score (nSPS) is 11.7. The Morgan fingerprint density at radius 1 is 1.23 bits per heavy atom. The maximum absolute atomic E-state index is 12.1. The number of nitriles is 1. The zero-order chi connectivity index (χ0) is 19.7. The number of anilines is 1. The number of ether oxygens (including phenoxy) is 2. The highest BCUT2D eigenvalue weighted by Gasteiger charge is 2.25. The Kier molecular flexibility index (Phi) is 7.59. The minimum atomic E-state index is -1.02. The van der Waals surface area contributed by atoms with E-state index in [4.69, 9.17) is 10.00 Å². The highest BCUT2D eigenvalue weighted by atomic mass is 16.6. The number of rotatable bonds is 6. The molecule has 0 aromatic heterocycles. The van der Waals surface area contributed by atoms with Crippen LogP contribution in [0.25, 0.3) is 0 Å². The lowest BCUT2D eigenvalue weighted by Gasteiger charge is -2.22. The zero-order valence-corrected chi connectivity index (χ0v) is 15.3. The first-order valence-electron chi connectivity index (χ1n) is 8.02. The number of methoxy groups -OCH3 is 1. The highest BCUT2D eigenvalue weighted by molar-refractivity contribution is 5.92. The summed E-state index contributed by atoms with van der Waals surface area (Å²) in [6, 6.07) is 7.52. The first-order chi connectivity index (χ1) is 12.2. The SMILES string of the molecule is COC(=O)[C@H](CCC(=O)Nc1ccccc1C#N)NC(=O)OC(C)(C)C. The molecule has 0 saturated heterocycles. The number of hydrogen-bond acceptors (Lipinski definition) is 6. The maximum atomic E-state index is 12.1. The molecule has 2 amide bonds. The number of hydrogen-bond donors (Lipinski definition) is 2. The van der Waals surface area contributed by atoms with Gasteiger partial charge in [0.05, 0.1) is 18.4 Å². The van der Waals surface area contributed by atoms with Crippen LogP contribution in [-0.2, 0) is 19.1 Å². The number of amides is 2. The molecule has 8 nitrogen and oxygen atoms in total. The zero-order valence-electron chi connectivity index (χ0n) is 15.3. The molecule has 2 N–H and O–H groups in total. The van der Waals surface area contributed by atoms with Gasteiger partial charge in [-0.15, -0.1) is 0 Å². The van der Waals surface area contributed by atoms with E-state index in [1.165, 1.54) is 7.11 Å². The van der Waals surface area contributed by atoms with Gasteiger partial charge in [0, 0.05) is 6.42 Å². The standard InChI is InChI=1S/C18H23N3O5/c1-18(2,3)26-17(24)21-14(16(23)25-4)9-10-15(22)20-13-8-6-5-7-12(13)11-19/h5-8,14H,9-10H2,1-4H3,(H,20,22)(H,21,24)/t14-/m0/s1. The predicted octanol–water partition coefficient (Wildman–Crippen LogP) is 2.34. The molecule has 0 spiro atoms. The number of carbonyl (C=O) groups excluding carboxylic acids is 3. The average molecular weight is 361 g/mol. The Labute approximate surface area is 152 Å². The van der Waals surface area contributed by atoms with Gasteiger partial charge in [0.25, 0.3) is 0 Å². The van der Waals surface area contributed by atoms with Gasteiger partial charge in [0.15, 0.2) is 0 Å². The molecule has 0 bridgehead atoms. The van der Waals surface area contributed by atoms with Gasteiger partial charge in [-0.25, -0.2) is 9.59 Å². The van der Waals surface area contributed by atoms with Crippen molar-refractivity contribution in [2.45, 2.75) is 45.3 Å². The van der Waals surface area contributed by atoms with E-state index in [0.29, 0.717) is 11.3 Å². The molecule has 0 aliphatic carbocycles. The summed E-state index contributed by atoms with van der Waals surface area (Å²) in [4.78, 5) is 35.7. The van der Waals surface area contributed by atoms with Crippen LogP contribution in [0.2, 0.25) is 0 Å². The largest absolute Gasteiger partial charge is 0.467 e. The molecule has 0 unspecified atom stereocenters. The van der Waals surface area contributed by atoms with E-state index in [1.54, 1.807) is 45.0 Å². The Bertz CT molecular complexity index is 704. The van der Waals surface area contributed by atoms with Crippen molar-refractivity contribution >= 4 is 23.7 Å². The molecule has 0 fully saturated rings. The molecule has 1 aromatic carbocycles. The molecule has 0 heterocycles.